The van der Waals surface area contributed by atoms with E-state index in [9.17, 15) is 4.79 Å². The molecule has 20 heavy (non-hydrogen) atoms. The lowest BCUT2D eigenvalue weighted by atomic mass is 10.2. The van der Waals surface area contributed by atoms with E-state index in [0.29, 0.717) is 24.1 Å². The summed E-state index contributed by atoms with van der Waals surface area (Å²) in [5, 5.41) is 3.14. The van der Waals surface area contributed by atoms with Crippen molar-refractivity contribution in [2.24, 2.45) is 0 Å². The van der Waals surface area contributed by atoms with Gasteiger partial charge in [0.2, 0.25) is 5.91 Å². The van der Waals surface area contributed by atoms with E-state index in [2.05, 4.69) is 5.32 Å². The molecule has 5 heteroatoms. The Balaban J connectivity index is 1.94. The lowest BCUT2D eigenvalue weighted by Crippen LogP contribution is -2.37. The molecule has 0 radical (unpaired) electrons. The first kappa shape index (κ1) is 14.5. The third kappa shape index (κ3) is 3.35. The number of likely N-dealkylation sites (N-methyl/N-ethyl adjacent to an activating group) is 1. The minimum absolute atomic E-state index is 0.143. The van der Waals surface area contributed by atoms with Crippen molar-refractivity contribution in [2.75, 3.05) is 32.6 Å². The first-order valence-corrected chi connectivity index (χ1v) is 6.95. The lowest BCUT2D eigenvalue weighted by molar-refractivity contribution is -0.129. The summed E-state index contributed by atoms with van der Waals surface area (Å²) in [6.45, 7) is 3.10. The van der Waals surface area contributed by atoms with Crippen molar-refractivity contribution in [1.82, 2.24) is 4.90 Å². The number of ether oxygens (including phenoxy) is 2. The van der Waals surface area contributed by atoms with Gasteiger partial charge in [-0.2, -0.15) is 0 Å². The third-order valence-corrected chi connectivity index (χ3v) is 3.48. The zero-order valence-electron chi connectivity index (χ0n) is 12.3. The fourth-order valence-electron chi connectivity index (χ4n) is 2.25. The zero-order valence-corrected chi connectivity index (χ0v) is 12.3. The van der Waals surface area contributed by atoms with E-state index in [1.165, 1.54) is 0 Å². The monoisotopic (exact) mass is 278 g/mol. The molecule has 1 fully saturated rings. The van der Waals surface area contributed by atoms with Crippen molar-refractivity contribution < 1.29 is 14.3 Å². The highest BCUT2D eigenvalue weighted by molar-refractivity contribution is 5.81. The number of anilines is 1. The summed E-state index contributed by atoms with van der Waals surface area (Å²) in [5.41, 5.74) is 0.850. The van der Waals surface area contributed by atoms with Crippen molar-refractivity contribution in [2.45, 2.75) is 25.8 Å². The largest absolute Gasteiger partial charge is 0.493 e. The third-order valence-electron chi connectivity index (χ3n) is 3.48. The Labute approximate surface area is 119 Å². The van der Waals surface area contributed by atoms with Crippen LogP contribution in [0.3, 0.4) is 0 Å². The van der Waals surface area contributed by atoms with E-state index < -0.39 is 0 Å². The number of rotatable bonds is 7. The molecule has 0 saturated heterocycles. The second-order valence-corrected chi connectivity index (χ2v) is 4.83. The highest BCUT2D eigenvalue weighted by Crippen LogP contribution is 2.30. The van der Waals surface area contributed by atoms with Crippen LogP contribution < -0.4 is 14.8 Å². The number of nitrogens with zero attached hydrogens (tertiary/aromatic N) is 1. The molecule has 110 valence electrons. The Morgan fingerprint density at radius 2 is 2.00 bits per heavy atom. The second kappa shape index (κ2) is 6.50. The van der Waals surface area contributed by atoms with Crippen molar-refractivity contribution in [3.63, 3.8) is 0 Å². The second-order valence-electron chi connectivity index (χ2n) is 4.83. The van der Waals surface area contributed by atoms with Crippen LogP contribution in [0.2, 0.25) is 0 Å². The summed E-state index contributed by atoms with van der Waals surface area (Å²) in [6.07, 6.45) is 2.27. The molecule has 1 N–H and O–H groups in total. The van der Waals surface area contributed by atoms with Gasteiger partial charge in [0.15, 0.2) is 11.5 Å². The van der Waals surface area contributed by atoms with Gasteiger partial charge in [-0.05, 0) is 31.9 Å². The van der Waals surface area contributed by atoms with Crippen LogP contribution in [-0.2, 0) is 4.79 Å². The molecule has 1 aromatic carbocycles. The highest BCUT2D eigenvalue weighted by Gasteiger charge is 2.30. The van der Waals surface area contributed by atoms with Gasteiger partial charge < -0.3 is 19.7 Å². The summed E-state index contributed by atoms with van der Waals surface area (Å²) < 4.78 is 10.4. The van der Waals surface area contributed by atoms with Gasteiger partial charge in [0.05, 0.1) is 20.8 Å². The van der Waals surface area contributed by atoms with Crippen molar-refractivity contribution in [1.29, 1.82) is 0 Å². The molecule has 0 bridgehead atoms. The Hall–Kier alpha value is -1.91. The van der Waals surface area contributed by atoms with Crippen LogP contribution in [0, 0.1) is 0 Å². The van der Waals surface area contributed by atoms with Gasteiger partial charge in [0.25, 0.3) is 0 Å². The van der Waals surface area contributed by atoms with Gasteiger partial charge in [0, 0.05) is 24.3 Å². The molecule has 1 amide bonds. The molecule has 0 atom stereocenters. The van der Waals surface area contributed by atoms with Gasteiger partial charge in [-0.25, -0.2) is 0 Å². The quantitative estimate of drug-likeness (QED) is 0.830. The number of amides is 1. The van der Waals surface area contributed by atoms with E-state index in [1.54, 1.807) is 14.2 Å². The Morgan fingerprint density at radius 1 is 1.30 bits per heavy atom. The van der Waals surface area contributed by atoms with Gasteiger partial charge in [-0.3, -0.25) is 4.79 Å². The topological polar surface area (TPSA) is 50.8 Å². The molecule has 1 aliphatic carbocycles. The van der Waals surface area contributed by atoms with Crippen LogP contribution >= 0.6 is 0 Å². The van der Waals surface area contributed by atoms with E-state index in [0.717, 1.165) is 25.1 Å². The SMILES string of the molecule is CCN(C(=O)CNc1ccc(OC)c(OC)c1)C1CC1. The fraction of sp³-hybridized carbons (Fsp3) is 0.533. The summed E-state index contributed by atoms with van der Waals surface area (Å²) in [7, 11) is 3.20. The summed E-state index contributed by atoms with van der Waals surface area (Å²) >= 11 is 0. The maximum absolute atomic E-state index is 12.1. The van der Waals surface area contributed by atoms with Gasteiger partial charge in [-0.15, -0.1) is 0 Å². The number of hydrogen-bond donors (Lipinski definition) is 1. The molecule has 0 spiro atoms. The van der Waals surface area contributed by atoms with E-state index in [1.807, 2.05) is 30.0 Å². The maximum atomic E-state index is 12.1. The van der Waals surface area contributed by atoms with Crippen LogP contribution in [0.1, 0.15) is 19.8 Å². The van der Waals surface area contributed by atoms with Crippen LogP contribution in [0.4, 0.5) is 5.69 Å². The number of methoxy groups -OCH3 is 2. The standard InChI is InChI=1S/C15H22N2O3/c1-4-17(12-6-7-12)15(18)10-16-11-5-8-13(19-2)14(9-11)20-3/h5,8-9,12,16H,4,6-7,10H2,1-3H3. The van der Waals surface area contributed by atoms with Gasteiger partial charge in [0.1, 0.15) is 0 Å². The number of benzene rings is 1. The number of carbonyl (C=O) groups excluding carboxylic acids is 1. The zero-order chi connectivity index (χ0) is 14.5. The normalized spacial score (nSPS) is 13.8. The minimum Gasteiger partial charge on any atom is -0.493 e. The molecule has 5 nitrogen and oxygen atoms in total. The molecule has 0 unspecified atom stereocenters. The van der Waals surface area contributed by atoms with Crippen molar-refractivity contribution in [3.05, 3.63) is 18.2 Å². The van der Waals surface area contributed by atoms with Crippen LogP contribution in [0.5, 0.6) is 11.5 Å². The average Bonchev–Trinajstić information content (AvgIpc) is 3.30. The minimum atomic E-state index is 0.143. The van der Waals surface area contributed by atoms with E-state index >= 15 is 0 Å². The highest BCUT2D eigenvalue weighted by atomic mass is 16.5. The Bertz CT molecular complexity index is 472. The predicted molar refractivity (Wildman–Crippen MR) is 78.4 cm³/mol. The maximum Gasteiger partial charge on any atom is 0.242 e. The fourth-order valence-corrected chi connectivity index (χ4v) is 2.25. The van der Waals surface area contributed by atoms with E-state index in [4.69, 9.17) is 9.47 Å². The van der Waals surface area contributed by atoms with Crippen LogP contribution in [0.25, 0.3) is 0 Å². The molecule has 1 aliphatic rings. The average molecular weight is 278 g/mol. The summed E-state index contributed by atoms with van der Waals surface area (Å²) in [5.74, 6) is 1.47. The molecule has 0 heterocycles. The van der Waals surface area contributed by atoms with Crippen LogP contribution in [-0.4, -0.2) is 44.2 Å². The van der Waals surface area contributed by atoms with Gasteiger partial charge >= 0.3 is 0 Å². The number of carbonyl (C=O) groups is 1. The summed E-state index contributed by atoms with van der Waals surface area (Å²) in [6, 6.07) is 5.99. The number of hydrogen-bond acceptors (Lipinski definition) is 4. The predicted octanol–water partition coefficient (Wildman–Crippen LogP) is 2.13. The molecular weight excluding hydrogens is 256 g/mol. The Kier molecular flexibility index (Phi) is 4.71. The molecular formula is C15H22N2O3. The first-order chi connectivity index (χ1) is 9.69. The molecule has 1 aromatic rings. The molecule has 1 saturated carbocycles. The van der Waals surface area contributed by atoms with E-state index in [-0.39, 0.29) is 5.91 Å². The summed E-state index contributed by atoms with van der Waals surface area (Å²) in [4.78, 5) is 14.1. The van der Waals surface area contributed by atoms with Gasteiger partial charge in [-0.1, -0.05) is 0 Å². The smallest absolute Gasteiger partial charge is 0.242 e. The number of nitrogens with one attached hydrogen (secondary N) is 1. The first-order valence-electron chi connectivity index (χ1n) is 6.95. The Morgan fingerprint density at radius 3 is 2.55 bits per heavy atom. The van der Waals surface area contributed by atoms with Crippen LogP contribution in [0.15, 0.2) is 18.2 Å². The molecule has 2 rings (SSSR count). The molecule has 0 aliphatic heterocycles. The molecule has 0 aromatic heterocycles. The van der Waals surface area contributed by atoms with Crippen molar-refractivity contribution in [3.8, 4) is 11.5 Å². The lowest BCUT2D eigenvalue weighted by Gasteiger charge is -2.21. The van der Waals surface area contributed by atoms with Crippen molar-refractivity contribution >= 4 is 11.6 Å².